The Balaban J connectivity index is 1.84. The number of aromatic nitrogens is 2. The Hall–Kier alpha value is -1.81. The van der Waals surface area contributed by atoms with E-state index in [1.54, 1.807) is 0 Å². The van der Waals surface area contributed by atoms with Crippen LogP contribution in [0.1, 0.15) is 13.3 Å². The molecule has 0 spiro atoms. The molecule has 0 radical (unpaired) electrons. The van der Waals surface area contributed by atoms with Crippen molar-refractivity contribution in [1.82, 2.24) is 9.55 Å². The molecule has 0 amide bonds. The van der Waals surface area contributed by atoms with Crippen LogP contribution >= 0.6 is 0 Å². The summed E-state index contributed by atoms with van der Waals surface area (Å²) >= 11 is 0. The summed E-state index contributed by atoms with van der Waals surface area (Å²) in [6, 6.07) is 10.6. The largest absolute Gasteiger partial charge is 0.376 e. The number of rotatable bonds is 3. The highest BCUT2D eigenvalue weighted by molar-refractivity contribution is 5.42. The third-order valence-corrected chi connectivity index (χ3v) is 3.37. The molecule has 2 unspecified atom stereocenters. The quantitative estimate of drug-likeness (QED) is 0.900. The lowest BCUT2D eigenvalue weighted by Gasteiger charge is -2.17. The Morgan fingerprint density at radius 2 is 2.17 bits per heavy atom. The molecule has 2 aromatic rings. The van der Waals surface area contributed by atoms with Gasteiger partial charge in [-0.25, -0.2) is 4.98 Å². The van der Waals surface area contributed by atoms with E-state index >= 15 is 0 Å². The Labute approximate surface area is 107 Å². The zero-order valence-electron chi connectivity index (χ0n) is 10.4. The van der Waals surface area contributed by atoms with Gasteiger partial charge >= 0.3 is 0 Å². The summed E-state index contributed by atoms with van der Waals surface area (Å²) in [6.45, 7) is 2.92. The molecule has 0 aliphatic carbocycles. The van der Waals surface area contributed by atoms with Crippen molar-refractivity contribution in [3.8, 4) is 5.69 Å². The first-order chi connectivity index (χ1) is 8.84. The van der Waals surface area contributed by atoms with Gasteiger partial charge in [0.2, 0.25) is 5.95 Å². The fourth-order valence-corrected chi connectivity index (χ4v) is 2.29. The van der Waals surface area contributed by atoms with Crippen LogP contribution in [0.25, 0.3) is 5.69 Å². The van der Waals surface area contributed by atoms with E-state index in [0.29, 0.717) is 6.04 Å². The number of hydrogen-bond acceptors (Lipinski definition) is 3. The SMILES string of the molecule is CC1OCCC1Nc1nccn1-c1ccccc1. The Kier molecular flexibility index (Phi) is 3.02. The summed E-state index contributed by atoms with van der Waals surface area (Å²) in [4.78, 5) is 4.39. The molecule has 4 nitrogen and oxygen atoms in total. The molecule has 2 heterocycles. The zero-order chi connectivity index (χ0) is 12.4. The Bertz CT molecular complexity index is 509. The zero-order valence-corrected chi connectivity index (χ0v) is 10.4. The van der Waals surface area contributed by atoms with Gasteiger partial charge in [0, 0.05) is 24.7 Å². The highest BCUT2D eigenvalue weighted by Gasteiger charge is 2.25. The van der Waals surface area contributed by atoms with Gasteiger partial charge in [-0.05, 0) is 25.5 Å². The van der Waals surface area contributed by atoms with Gasteiger partial charge in [-0.2, -0.15) is 0 Å². The number of para-hydroxylation sites is 1. The number of nitrogens with zero attached hydrogens (tertiary/aromatic N) is 2. The second-order valence-corrected chi connectivity index (χ2v) is 4.57. The second-order valence-electron chi connectivity index (χ2n) is 4.57. The van der Waals surface area contributed by atoms with Crippen LogP contribution in [0.15, 0.2) is 42.7 Å². The first-order valence-electron chi connectivity index (χ1n) is 6.31. The molecule has 2 atom stereocenters. The van der Waals surface area contributed by atoms with E-state index in [-0.39, 0.29) is 6.10 Å². The maximum atomic E-state index is 5.56. The summed E-state index contributed by atoms with van der Waals surface area (Å²) in [5.41, 5.74) is 1.11. The molecule has 0 bridgehead atoms. The van der Waals surface area contributed by atoms with Crippen LogP contribution in [-0.4, -0.2) is 28.3 Å². The van der Waals surface area contributed by atoms with E-state index in [4.69, 9.17) is 4.74 Å². The molecular weight excluding hydrogens is 226 g/mol. The van der Waals surface area contributed by atoms with Crippen molar-refractivity contribution in [2.75, 3.05) is 11.9 Å². The monoisotopic (exact) mass is 243 g/mol. The highest BCUT2D eigenvalue weighted by Crippen LogP contribution is 2.20. The maximum absolute atomic E-state index is 5.56. The van der Waals surface area contributed by atoms with Crippen molar-refractivity contribution in [3.63, 3.8) is 0 Å². The number of imidazole rings is 1. The van der Waals surface area contributed by atoms with E-state index in [9.17, 15) is 0 Å². The number of nitrogens with one attached hydrogen (secondary N) is 1. The van der Waals surface area contributed by atoms with Crippen molar-refractivity contribution in [2.24, 2.45) is 0 Å². The maximum Gasteiger partial charge on any atom is 0.207 e. The fourth-order valence-electron chi connectivity index (χ4n) is 2.29. The third kappa shape index (κ3) is 2.11. The van der Waals surface area contributed by atoms with Crippen LogP contribution < -0.4 is 5.32 Å². The molecule has 4 heteroatoms. The predicted octanol–water partition coefficient (Wildman–Crippen LogP) is 2.46. The number of ether oxygens (including phenoxy) is 1. The van der Waals surface area contributed by atoms with Crippen molar-refractivity contribution in [2.45, 2.75) is 25.5 Å². The van der Waals surface area contributed by atoms with E-state index in [0.717, 1.165) is 24.7 Å². The van der Waals surface area contributed by atoms with Gasteiger partial charge < -0.3 is 10.1 Å². The standard InChI is InChI=1S/C14H17N3O/c1-11-13(7-10-18-11)16-14-15-8-9-17(14)12-5-3-2-4-6-12/h2-6,8-9,11,13H,7,10H2,1H3,(H,15,16). The van der Waals surface area contributed by atoms with E-state index in [2.05, 4.69) is 33.9 Å². The molecule has 1 aromatic heterocycles. The minimum absolute atomic E-state index is 0.242. The lowest BCUT2D eigenvalue weighted by atomic mass is 10.2. The first-order valence-corrected chi connectivity index (χ1v) is 6.31. The van der Waals surface area contributed by atoms with Crippen LogP contribution in [0.5, 0.6) is 0 Å². The third-order valence-electron chi connectivity index (χ3n) is 3.37. The molecule has 18 heavy (non-hydrogen) atoms. The smallest absolute Gasteiger partial charge is 0.207 e. The summed E-state index contributed by atoms with van der Waals surface area (Å²) in [6.07, 6.45) is 5.06. The summed E-state index contributed by atoms with van der Waals surface area (Å²) in [5, 5.41) is 3.46. The predicted molar refractivity (Wildman–Crippen MR) is 71.0 cm³/mol. The molecule has 0 saturated carbocycles. The lowest BCUT2D eigenvalue weighted by Crippen LogP contribution is -2.28. The van der Waals surface area contributed by atoms with Gasteiger partial charge in [0.1, 0.15) is 0 Å². The summed E-state index contributed by atoms with van der Waals surface area (Å²) in [5.74, 6) is 0.878. The molecule has 1 aliphatic rings. The molecule has 1 aliphatic heterocycles. The van der Waals surface area contributed by atoms with Crippen LogP contribution in [0, 0.1) is 0 Å². The minimum Gasteiger partial charge on any atom is -0.376 e. The molecule has 1 aromatic carbocycles. The molecule has 1 fully saturated rings. The second kappa shape index (κ2) is 4.82. The van der Waals surface area contributed by atoms with Crippen molar-refractivity contribution < 1.29 is 4.74 Å². The highest BCUT2D eigenvalue weighted by atomic mass is 16.5. The van der Waals surface area contributed by atoms with Crippen LogP contribution in [-0.2, 0) is 4.74 Å². The van der Waals surface area contributed by atoms with Crippen LogP contribution in [0.3, 0.4) is 0 Å². The van der Waals surface area contributed by atoms with Crippen molar-refractivity contribution in [1.29, 1.82) is 0 Å². The van der Waals surface area contributed by atoms with Crippen molar-refractivity contribution in [3.05, 3.63) is 42.7 Å². The molecule has 94 valence electrons. The van der Waals surface area contributed by atoms with Gasteiger partial charge in [-0.15, -0.1) is 0 Å². The molecular formula is C14H17N3O. The van der Waals surface area contributed by atoms with E-state index < -0.39 is 0 Å². The first kappa shape index (κ1) is 11.3. The molecule has 3 rings (SSSR count). The van der Waals surface area contributed by atoms with Crippen LogP contribution in [0.2, 0.25) is 0 Å². The summed E-state index contributed by atoms with van der Waals surface area (Å²) < 4.78 is 7.62. The topological polar surface area (TPSA) is 39.1 Å². The number of hydrogen-bond donors (Lipinski definition) is 1. The van der Waals surface area contributed by atoms with Gasteiger partial charge in [-0.3, -0.25) is 4.57 Å². The average Bonchev–Trinajstić information content (AvgIpc) is 3.01. The molecule has 1 saturated heterocycles. The lowest BCUT2D eigenvalue weighted by molar-refractivity contribution is 0.121. The van der Waals surface area contributed by atoms with Gasteiger partial charge in [0.15, 0.2) is 0 Å². The average molecular weight is 243 g/mol. The van der Waals surface area contributed by atoms with E-state index in [1.807, 2.05) is 30.6 Å². The normalized spacial score (nSPS) is 23.2. The van der Waals surface area contributed by atoms with Gasteiger partial charge in [-0.1, -0.05) is 18.2 Å². The molecule has 1 N–H and O–H groups in total. The Morgan fingerprint density at radius 3 is 2.89 bits per heavy atom. The number of benzene rings is 1. The minimum atomic E-state index is 0.242. The van der Waals surface area contributed by atoms with Crippen molar-refractivity contribution >= 4 is 5.95 Å². The van der Waals surface area contributed by atoms with Gasteiger partial charge in [0.05, 0.1) is 12.1 Å². The van der Waals surface area contributed by atoms with Gasteiger partial charge in [0.25, 0.3) is 0 Å². The number of anilines is 1. The fraction of sp³-hybridized carbons (Fsp3) is 0.357. The van der Waals surface area contributed by atoms with Crippen LogP contribution in [0.4, 0.5) is 5.95 Å². The summed E-state index contributed by atoms with van der Waals surface area (Å²) in [7, 11) is 0. The van der Waals surface area contributed by atoms with E-state index in [1.165, 1.54) is 0 Å². The Morgan fingerprint density at radius 1 is 1.33 bits per heavy atom.